The summed E-state index contributed by atoms with van der Waals surface area (Å²) in [6.07, 6.45) is 0. The Hall–Kier alpha value is -0.610. The first-order valence-corrected chi connectivity index (χ1v) is 3.15. The van der Waals surface area contributed by atoms with Gasteiger partial charge in [-0.15, -0.1) is 0 Å². The molecule has 1 saturated heterocycles. The molecule has 0 unspecified atom stereocenters. The van der Waals surface area contributed by atoms with E-state index in [1.165, 1.54) is 6.92 Å². The van der Waals surface area contributed by atoms with Crippen molar-refractivity contribution in [2.24, 2.45) is 5.73 Å². The van der Waals surface area contributed by atoms with E-state index in [2.05, 4.69) is 5.73 Å². The molecule has 0 aliphatic carbocycles. The van der Waals surface area contributed by atoms with E-state index in [9.17, 15) is 4.79 Å². The Morgan fingerprint density at radius 2 is 1.40 bits per heavy atom. The Morgan fingerprint density at radius 3 is 1.50 bits per heavy atom. The molecule has 1 rings (SSSR count). The lowest BCUT2D eigenvalue weighted by Crippen LogP contribution is -2.16. The summed E-state index contributed by atoms with van der Waals surface area (Å²) < 4.78 is 9.89. The fourth-order valence-corrected chi connectivity index (χ4v) is 0.440. The van der Waals surface area contributed by atoms with E-state index in [1.54, 1.807) is 0 Å². The summed E-state index contributed by atoms with van der Waals surface area (Å²) in [4.78, 5) is 9.22. The van der Waals surface area contributed by atoms with Gasteiger partial charge in [0.15, 0.2) is 0 Å². The molecule has 0 aromatic carbocycles. The zero-order chi connectivity index (χ0) is 7.82. The lowest BCUT2D eigenvalue weighted by Gasteiger charge is -2.09. The van der Waals surface area contributed by atoms with Gasteiger partial charge in [-0.05, 0) is 0 Å². The molecule has 0 radical (unpaired) electrons. The number of hydrogen-bond donors (Lipinski definition) is 1. The molecule has 1 heterocycles. The van der Waals surface area contributed by atoms with Crippen LogP contribution in [0.3, 0.4) is 0 Å². The largest absolute Gasteiger partial charge is 0.377 e. The van der Waals surface area contributed by atoms with Crippen LogP contribution >= 0.6 is 0 Å². The van der Waals surface area contributed by atoms with Crippen LogP contribution in [0.4, 0.5) is 0 Å². The minimum absolute atomic E-state index is 0.333. The second-order valence-corrected chi connectivity index (χ2v) is 1.84. The predicted molar refractivity (Wildman–Crippen MR) is 36.5 cm³/mol. The third kappa shape index (κ3) is 10.4. The van der Waals surface area contributed by atoms with Gasteiger partial charge in [0.05, 0.1) is 26.4 Å². The second-order valence-electron chi connectivity index (χ2n) is 1.84. The lowest BCUT2D eigenvalue weighted by atomic mass is 10.6. The SMILES string of the molecule is C1COCCO1.CC(N)=O. The van der Waals surface area contributed by atoms with E-state index in [4.69, 9.17) is 9.47 Å². The van der Waals surface area contributed by atoms with Gasteiger partial charge in [-0.2, -0.15) is 0 Å². The Morgan fingerprint density at radius 1 is 1.20 bits per heavy atom. The number of ether oxygens (including phenoxy) is 2. The molecular weight excluding hydrogens is 134 g/mol. The molecule has 2 N–H and O–H groups in total. The number of carbonyl (C=O) groups is 1. The van der Waals surface area contributed by atoms with Crippen LogP contribution in [0.15, 0.2) is 0 Å². The highest BCUT2D eigenvalue weighted by atomic mass is 16.6. The minimum atomic E-state index is -0.333. The van der Waals surface area contributed by atoms with Crippen molar-refractivity contribution in [1.29, 1.82) is 0 Å². The fraction of sp³-hybridized carbons (Fsp3) is 0.833. The molecular formula is C6H13NO3. The van der Waals surface area contributed by atoms with Crippen LogP contribution in [0, 0.1) is 0 Å². The van der Waals surface area contributed by atoms with Gasteiger partial charge in [0.1, 0.15) is 0 Å². The Kier molecular flexibility index (Phi) is 6.11. The molecule has 4 heteroatoms. The van der Waals surface area contributed by atoms with Gasteiger partial charge in [-0.25, -0.2) is 0 Å². The summed E-state index contributed by atoms with van der Waals surface area (Å²) in [6.45, 7) is 4.42. The summed E-state index contributed by atoms with van der Waals surface area (Å²) in [5.74, 6) is -0.333. The quantitative estimate of drug-likeness (QED) is 0.503. The van der Waals surface area contributed by atoms with Crippen LogP contribution in [0.5, 0.6) is 0 Å². The van der Waals surface area contributed by atoms with Gasteiger partial charge in [0.25, 0.3) is 0 Å². The van der Waals surface area contributed by atoms with E-state index >= 15 is 0 Å². The normalized spacial score (nSPS) is 16.9. The molecule has 0 spiro atoms. The molecule has 1 aliphatic rings. The van der Waals surface area contributed by atoms with Crippen molar-refractivity contribution in [3.63, 3.8) is 0 Å². The monoisotopic (exact) mass is 147 g/mol. The van der Waals surface area contributed by atoms with Gasteiger partial charge in [0.2, 0.25) is 5.91 Å². The van der Waals surface area contributed by atoms with Gasteiger partial charge in [0, 0.05) is 6.92 Å². The maximum absolute atomic E-state index is 9.22. The third-order valence-electron chi connectivity index (χ3n) is 0.744. The van der Waals surface area contributed by atoms with Gasteiger partial charge >= 0.3 is 0 Å². The van der Waals surface area contributed by atoms with Crippen molar-refractivity contribution in [2.45, 2.75) is 6.92 Å². The zero-order valence-electron chi connectivity index (χ0n) is 6.13. The van der Waals surface area contributed by atoms with Crippen molar-refractivity contribution >= 4 is 5.91 Å². The van der Waals surface area contributed by atoms with Gasteiger partial charge < -0.3 is 15.2 Å². The number of amides is 1. The molecule has 4 nitrogen and oxygen atoms in total. The Labute approximate surface area is 60.3 Å². The Bertz CT molecular complexity index is 75.5. The first-order valence-electron chi connectivity index (χ1n) is 3.15. The summed E-state index contributed by atoms with van der Waals surface area (Å²) >= 11 is 0. The van der Waals surface area contributed by atoms with E-state index in [0.717, 1.165) is 26.4 Å². The van der Waals surface area contributed by atoms with Crippen molar-refractivity contribution in [1.82, 2.24) is 0 Å². The van der Waals surface area contributed by atoms with Crippen molar-refractivity contribution in [3.05, 3.63) is 0 Å². The average Bonchev–Trinajstić information content (AvgIpc) is 1.90. The van der Waals surface area contributed by atoms with E-state index in [1.807, 2.05) is 0 Å². The van der Waals surface area contributed by atoms with Crippen molar-refractivity contribution < 1.29 is 14.3 Å². The molecule has 0 saturated carbocycles. The first kappa shape index (κ1) is 9.39. The minimum Gasteiger partial charge on any atom is -0.377 e. The van der Waals surface area contributed by atoms with Crippen LogP contribution in [0.2, 0.25) is 0 Å². The second kappa shape index (κ2) is 6.51. The van der Waals surface area contributed by atoms with E-state index in [-0.39, 0.29) is 5.91 Å². The number of carbonyl (C=O) groups excluding carboxylic acids is 1. The Balaban J connectivity index is 0.000000180. The molecule has 0 atom stereocenters. The molecule has 1 amide bonds. The number of nitrogens with two attached hydrogens (primary N) is 1. The van der Waals surface area contributed by atoms with Crippen molar-refractivity contribution in [3.8, 4) is 0 Å². The van der Waals surface area contributed by atoms with Crippen LogP contribution in [0.25, 0.3) is 0 Å². The van der Waals surface area contributed by atoms with Crippen LogP contribution in [-0.2, 0) is 14.3 Å². The lowest BCUT2D eigenvalue weighted by molar-refractivity contribution is -0.115. The molecule has 60 valence electrons. The van der Waals surface area contributed by atoms with Crippen molar-refractivity contribution in [2.75, 3.05) is 26.4 Å². The molecule has 0 bridgehead atoms. The molecule has 0 aromatic rings. The standard InChI is InChI=1S/C4H8O2.C2H5NO/c1-2-6-4-3-5-1;1-2(3)4/h1-4H2;1H3,(H2,3,4). The summed E-state index contributed by atoms with van der Waals surface area (Å²) in [5, 5.41) is 0. The van der Waals surface area contributed by atoms with Gasteiger partial charge in [-0.3, -0.25) is 4.79 Å². The third-order valence-corrected chi connectivity index (χ3v) is 0.744. The van der Waals surface area contributed by atoms with E-state index < -0.39 is 0 Å². The van der Waals surface area contributed by atoms with Crippen LogP contribution in [0.1, 0.15) is 6.92 Å². The maximum Gasteiger partial charge on any atom is 0.214 e. The maximum atomic E-state index is 9.22. The fourth-order valence-electron chi connectivity index (χ4n) is 0.440. The number of hydrogen-bond acceptors (Lipinski definition) is 3. The summed E-state index contributed by atoms with van der Waals surface area (Å²) in [6, 6.07) is 0. The average molecular weight is 147 g/mol. The summed E-state index contributed by atoms with van der Waals surface area (Å²) in [5.41, 5.74) is 4.47. The number of rotatable bonds is 0. The van der Waals surface area contributed by atoms with Gasteiger partial charge in [-0.1, -0.05) is 0 Å². The molecule has 1 aliphatic heterocycles. The van der Waals surface area contributed by atoms with E-state index in [0.29, 0.717) is 0 Å². The zero-order valence-corrected chi connectivity index (χ0v) is 6.13. The number of primary amides is 1. The highest BCUT2D eigenvalue weighted by Crippen LogP contribution is 1.85. The highest BCUT2D eigenvalue weighted by molar-refractivity contribution is 5.70. The topological polar surface area (TPSA) is 61.6 Å². The van der Waals surface area contributed by atoms with Crippen LogP contribution in [-0.4, -0.2) is 32.3 Å². The first-order chi connectivity index (χ1) is 4.73. The smallest absolute Gasteiger partial charge is 0.214 e. The molecule has 1 fully saturated rings. The highest BCUT2D eigenvalue weighted by Gasteiger charge is 1.94. The van der Waals surface area contributed by atoms with Crippen LogP contribution < -0.4 is 5.73 Å². The summed E-state index contributed by atoms with van der Waals surface area (Å²) in [7, 11) is 0. The molecule has 0 aromatic heterocycles. The predicted octanol–water partition coefficient (Wildman–Crippen LogP) is -0.475. The molecule has 10 heavy (non-hydrogen) atoms.